The maximum absolute atomic E-state index is 14.7. The summed E-state index contributed by atoms with van der Waals surface area (Å²) >= 11 is 15.0. The molecule has 3 aromatic rings. The van der Waals surface area contributed by atoms with Crippen LogP contribution in [0.25, 0.3) is 0 Å². The molecule has 53 heavy (non-hydrogen) atoms. The Bertz CT molecular complexity index is 2040. The lowest BCUT2D eigenvalue weighted by atomic mass is 9.56. The van der Waals surface area contributed by atoms with Gasteiger partial charge in [0, 0.05) is 49.3 Å². The molecule has 3 aliphatic heterocycles. The molecule has 1 N–H and O–H groups in total. The molecule has 13 heteroatoms. The molecule has 3 saturated heterocycles. The Kier molecular flexibility index (Phi) is 8.82. The van der Waals surface area contributed by atoms with E-state index in [4.69, 9.17) is 32.7 Å². The van der Waals surface area contributed by atoms with E-state index in [1.165, 1.54) is 48.9 Å². The van der Waals surface area contributed by atoms with Crippen molar-refractivity contribution in [2.45, 2.75) is 53.9 Å². The lowest BCUT2D eigenvalue weighted by molar-refractivity contribution is -0.144. The van der Waals surface area contributed by atoms with Gasteiger partial charge in [-0.15, -0.1) is 23.2 Å². The number of amides is 4. The summed E-state index contributed by atoms with van der Waals surface area (Å²) in [7, 11) is 2.80. The smallest absolute Gasteiger partial charge is 0.258 e. The number of aromatic hydroxyl groups is 1. The lowest BCUT2D eigenvalue weighted by Crippen LogP contribution is -2.60. The summed E-state index contributed by atoms with van der Waals surface area (Å²) in [6.07, 6.45) is 3.02. The molecule has 5 aliphatic rings. The topological polar surface area (TPSA) is 117 Å². The second kappa shape index (κ2) is 13.1. The molecular formula is C40H38Cl2FN3O7. The molecule has 10 nitrogen and oxygen atoms in total. The molecule has 6 atom stereocenters. The van der Waals surface area contributed by atoms with Gasteiger partial charge in [-0.2, -0.15) is 0 Å². The van der Waals surface area contributed by atoms with Gasteiger partial charge in [0.1, 0.15) is 23.1 Å². The van der Waals surface area contributed by atoms with Crippen molar-refractivity contribution in [3.63, 3.8) is 0 Å². The number of piperidine rings is 1. The predicted molar refractivity (Wildman–Crippen MR) is 194 cm³/mol. The Morgan fingerprint density at radius 2 is 1.58 bits per heavy atom. The maximum atomic E-state index is 14.7. The van der Waals surface area contributed by atoms with Crippen LogP contribution in [-0.4, -0.2) is 81.6 Å². The number of anilines is 1. The number of rotatable bonds is 7. The van der Waals surface area contributed by atoms with E-state index in [1.54, 1.807) is 0 Å². The van der Waals surface area contributed by atoms with Crippen LogP contribution < -0.4 is 14.4 Å². The molecule has 3 heterocycles. The number of allylic oxidation sites excluding steroid dienone is 2. The number of phenolic OH excluding ortho intramolecular Hbond substituents is 1. The quantitative estimate of drug-likeness (QED) is 0.183. The van der Waals surface area contributed by atoms with E-state index in [-0.39, 0.29) is 59.2 Å². The highest BCUT2D eigenvalue weighted by Gasteiger charge is 2.77. The Balaban J connectivity index is 1.19. The number of likely N-dealkylation sites (tertiary alicyclic amines) is 2. The number of nitrogens with zero attached hydrogens (tertiary/aromatic N) is 3. The first-order valence-electron chi connectivity index (χ1n) is 17.7. The normalized spacial score (nSPS) is 30.2. The number of ether oxygens (including phenoxy) is 2. The van der Waals surface area contributed by atoms with Crippen LogP contribution in [0.15, 0.2) is 78.4 Å². The Morgan fingerprint density at radius 3 is 2.25 bits per heavy atom. The molecule has 0 unspecified atom stereocenters. The van der Waals surface area contributed by atoms with Crippen molar-refractivity contribution in [1.82, 2.24) is 9.80 Å². The van der Waals surface area contributed by atoms with E-state index in [1.807, 2.05) is 24.3 Å². The van der Waals surface area contributed by atoms with Crippen LogP contribution in [0.4, 0.5) is 10.1 Å². The third-order valence-electron chi connectivity index (χ3n) is 11.9. The summed E-state index contributed by atoms with van der Waals surface area (Å²) in [5.74, 6) is -6.47. The monoisotopic (exact) mass is 761 g/mol. The molecule has 0 spiro atoms. The van der Waals surface area contributed by atoms with E-state index in [0.29, 0.717) is 31.5 Å². The third kappa shape index (κ3) is 5.29. The second-order valence-corrected chi connectivity index (χ2v) is 15.8. The van der Waals surface area contributed by atoms with Gasteiger partial charge in [-0.25, -0.2) is 9.29 Å². The first-order chi connectivity index (χ1) is 25.4. The van der Waals surface area contributed by atoms with Gasteiger partial charge in [-0.1, -0.05) is 42.0 Å². The summed E-state index contributed by atoms with van der Waals surface area (Å²) < 4.78 is 25.1. The summed E-state index contributed by atoms with van der Waals surface area (Å²) in [5.41, 5.74) is 1.86. The van der Waals surface area contributed by atoms with E-state index >= 15 is 0 Å². The Hall–Kier alpha value is -4.45. The summed E-state index contributed by atoms with van der Waals surface area (Å²) in [6.45, 7) is 2.21. The van der Waals surface area contributed by atoms with Gasteiger partial charge in [0.05, 0.1) is 31.7 Å². The fourth-order valence-corrected chi connectivity index (χ4v) is 10.4. The van der Waals surface area contributed by atoms with E-state index in [9.17, 15) is 28.7 Å². The summed E-state index contributed by atoms with van der Waals surface area (Å²) in [4.78, 5) is 58.3. The van der Waals surface area contributed by atoms with Crippen molar-refractivity contribution in [2.75, 3.05) is 32.2 Å². The molecular weight excluding hydrogens is 724 g/mol. The zero-order valence-corrected chi connectivity index (χ0v) is 30.6. The summed E-state index contributed by atoms with van der Waals surface area (Å²) in [6, 6.07) is 17.5. The highest BCUT2D eigenvalue weighted by Crippen LogP contribution is 2.67. The zero-order chi connectivity index (χ0) is 37.4. The van der Waals surface area contributed by atoms with Crippen LogP contribution in [0.5, 0.6) is 17.2 Å². The fourth-order valence-electron chi connectivity index (χ4n) is 9.44. The van der Waals surface area contributed by atoms with Crippen LogP contribution in [-0.2, 0) is 25.7 Å². The van der Waals surface area contributed by atoms with Gasteiger partial charge in [-0.3, -0.25) is 29.0 Å². The number of halogens is 3. The number of hydrogen-bond donors (Lipinski definition) is 1. The van der Waals surface area contributed by atoms with Crippen LogP contribution in [0.2, 0.25) is 0 Å². The molecule has 8 rings (SSSR count). The zero-order valence-electron chi connectivity index (χ0n) is 29.1. The largest absolute Gasteiger partial charge is 0.507 e. The minimum absolute atomic E-state index is 0.0623. The van der Waals surface area contributed by atoms with Crippen molar-refractivity contribution in [3.8, 4) is 17.2 Å². The van der Waals surface area contributed by atoms with Crippen LogP contribution >= 0.6 is 23.2 Å². The minimum atomic E-state index is -2.23. The predicted octanol–water partition coefficient (Wildman–Crippen LogP) is 5.78. The number of methoxy groups -OCH3 is 2. The molecule has 4 amide bonds. The van der Waals surface area contributed by atoms with E-state index < -0.39 is 51.1 Å². The van der Waals surface area contributed by atoms with Crippen LogP contribution in [0.3, 0.4) is 0 Å². The number of fused-ring (bicyclic) bond motifs is 4. The van der Waals surface area contributed by atoms with Crippen molar-refractivity contribution in [3.05, 3.63) is 95.3 Å². The van der Waals surface area contributed by atoms with Gasteiger partial charge in [-0.05, 0) is 61.4 Å². The maximum Gasteiger partial charge on any atom is 0.258 e. The van der Waals surface area contributed by atoms with Gasteiger partial charge in [0.25, 0.3) is 11.8 Å². The molecule has 0 radical (unpaired) electrons. The number of benzene rings is 3. The Morgan fingerprint density at radius 1 is 0.887 bits per heavy atom. The molecule has 4 fully saturated rings. The Labute approximate surface area is 316 Å². The highest BCUT2D eigenvalue weighted by atomic mass is 35.5. The van der Waals surface area contributed by atoms with Gasteiger partial charge in [0.15, 0.2) is 9.75 Å². The average Bonchev–Trinajstić information content (AvgIpc) is 3.50. The third-order valence-corrected chi connectivity index (χ3v) is 13.4. The highest BCUT2D eigenvalue weighted by molar-refractivity contribution is 6.58. The summed E-state index contributed by atoms with van der Waals surface area (Å²) in [5, 5.41) is 11.6. The standard InChI is InChI=1S/C40H38Cl2FN3O7/c1-52-26-18-30(47)33(31(19-26)53-2)34-27-12-13-28-32(36(49)45(35(28)48)25-14-16-44(17-15-25)21-22-6-4-3-5-7-22)29(27)20-39(41)37(50)46(38(51)40(34,39)42)24-10-8-23(43)9-11-24/h3-12,18-19,25,28-29,32,34,47H,13-17,20-21H2,1-2H3/t28-,29+,32-,34+,39+,40-/m0/s1. The number of imide groups is 2. The van der Waals surface area contributed by atoms with Crippen molar-refractivity contribution in [2.24, 2.45) is 17.8 Å². The lowest BCUT2D eigenvalue weighted by Gasteiger charge is -2.51. The fraction of sp³-hybridized carbons (Fsp3) is 0.400. The molecule has 3 aromatic carbocycles. The number of hydrogen-bond acceptors (Lipinski definition) is 8. The van der Waals surface area contributed by atoms with Gasteiger partial charge in [0.2, 0.25) is 11.8 Å². The first-order valence-corrected chi connectivity index (χ1v) is 18.5. The minimum Gasteiger partial charge on any atom is -0.507 e. The van der Waals surface area contributed by atoms with Crippen molar-refractivity contribution < 1.29 is 38.1 Å². The second-order valence-electron chi connectivity index (χ2n) is 14.6. The van der Waals surface area contributed by atoms with Gasteiger partial charge < -0.3 is 14.6 Å². The number of phenols is 1. The molecule has 0 bridgehead atoms. The van der Waals surface area contributed by atoms with Crippen LogP contribution in [0.1, 0.15) is 42.7 Å². The van der Waals surface area contributed by atoms with E-state index in [2.05, 4.69) is 17.0 Å². The average molecular weight is 763 g/mol. The first kappa shape index (κ1) is 35.6. The number of carbonyl (C=O) groups is 4. The van der Waals surface area contributed by atoms with Gasteiger partial charge >= 0.3 is 0 Å². The number of carbonyl (C=O) groups excluding carboxylic acids is 4. The number of alkyl halides is 2. The molecule has 2 aliphatic carbocycles. The molecule has 1 saturated carbocycles. The van der Waals surface area contributed by atoms with Crippen molar-refractivity contribution in [1.29, 1.82) is 0 Å². The molecule has 0 aromatic heterocycles. The SMILES string of the molecule is COc1cc(O)c([C@H]2C3=CC[C@@H]4C(=O)N(C5CCN(Cc6ccccc6)CC5)C(=O)[C@@H]4[C@@H]3C[C@@]3(Cl)C(=O)N(c4ccc(F)cc4)C(=O)[C@@]23Cl)c(OC)c1. The molecule has 276 valence electrons. The van der Waals surface area contributed by atoms with Crippen LogP contribution in [0, 0.1) is 23.6 Å². The van der Waals surface area contributed by atoms with E-state index in [0.717, 1.165) is 23.6 Å². The van der Waals surface area contributed by atoms with Crippen molar-refractivity contribution >= 4 is 52.5 Å².